The van der Waals surface area contributed by atoms with E-state index in [0.717, 1.165) is 0 Å². The number of anilines is 3. The van der Waals surface area contributed by atoms with Crippen molar-refractivity contribution < 1.29 is 14.2 Å². The van der Waals surface area contributed by atoms with E-state index in [1.54, 1.807) is 0 Å². The molecule has 0 N–H and O–H groups in total. The van der Waals surface area contributed by atoms with E-state index < -0.39 is 0 Å². The first kappa shape index (κ1) is 20.3. The van der Waals surface area contributed by atoms with Crippen LogP contribution in [-0.4, -0.2) is 76.1 Å². The number of hydrogen-bond acceptors (Lipinski definition) is 9. The lowest BCUT2D eigenvalue weighted by Gasteiger charge is -2.25. The van der Waals surface area contributed by atoms with Crippen LogP contribution < -0.4 is 14.7 Å². The van der Waals surface area contributed by atoms with Crippen molar-refractivity contribution >= 4 is 17.8 Å². The van der Waals surface area contributed by atoms with Gasteiger partial charge >= 0.3 is 0 Å². The molecule has 0 aromatic carbocycles. The van der Waals surface area contributed by atoms with Gasteiger partial charge < -0.3 is 24.0 Å². The van der Waals surface area contributed by atoms with Gasteiger partial charge in [0.1, 0.15) is 20.2 Å². The second-order valence-corrected chi connectivity index (χ2v) is 5.23. The summed E-state index contributed by atoms with van der Waals surface area (Å²) in [5.41, 5.74) is 0. The third-order valence-electron chi connectivity index (χ3n) is 3.02. The molecule has 1 aromatic rings. The Morgan fingerprint density at radius 1 is 0.667 bits per heavy atom. The minimum Gasteiger partial charge on any atom is -0.361 e. The van der Waals surface area contributed by atoms with Crippen molar-refractivity contribution in [3.8, 4) is 0 Å². The molecule has 0 fully saturated rings. The van der Waals surface area contributed by atoms with Crippen LogP contribution in [0.3, 0.4) is 0 Å². The summed E-state index contributed by atoms with van der Waals surface area (Å²) in [4.78, 5) is 19.0. The van der Waals surface area contributed by atoms with Crippen molar-refractivity contribution in [3.05, 3.63) is 0 Å². The van der Waals surface area contributed by atoms with Crippen LogP contribution in [0.1, 0.15) is 20.8 Å². The highest BCUT2D eigenvalue weighted by atomic mass is 16.5. The molecule has 9 nitrogen and oxygen atoms in total. The Kier molecular flexibility index (Phi) is 9.28. The molecule has 138 valence electrons. The third-order valence-corrected chi connectivity index (χ3v) is 3.02. The molecule has 0 bridgehead atoms. The maximum Gasteiger partial charge on any atom is 0.235 e. The third kappa shape index (κ3) is 6.42. The SMILES string of the molecule is CCOCN(C)c1nc(N(C)C)nc(N(COCC)COCC)n1. The minimum atomic E-state index is 0.349. The maximum absolute atomic E-state index is 5.51. The van der Waals surface area contributed by atoms with Gasteiger partial charge in [-0.3, -0.25) is 4.90 Å². The normalized spacial score (nSPS) is 10.8. The van der Waals surface area contributed by atoms with E-state index in [9.17, 15) is 0 Å². The average Bonchev–Trinajstić information content (AvgIpc) is 2.59. The molecule has 0 aliphatic carbocycles. The van der Waals surface area contributed by atoms with Crippen LogP contribution in [0.15, 0.2) is 0 Å². The molecule has 0 saturated carbocycles. The molecular formula is C15H30N6O3. The van der Waals surface area contributed by atoms with Gasteiger partial charge in [0, 0.05) is 41.0 Å². The summed E-state index contributed by atoms with van der Waals surface area (Å²) in [6, 6.07) is 0. The van der Waals surface area contributed by atoms with E-state index >= 15 is 0 Å². The molecule has 0 aliphatic heterocycles. The van der Waals surface area contributed by atoms with Crippen LogP contribution in [0.5, 0.6) is 0 Å². The molecule has 1 aromatic heterocycles. The van der Waals surface area contributed by atoms with Gasteiger partial charge in [-0.05, 0) is 20.8 Å². The molecule has 0 spiro atoms. The van der Waals surface area contributed by atoms with Crippen molar-refractivity contribution in [1.82, 2.24) is 15.0 Å². The van der Waals surface area contributed by atoms with Crippen molar-refractivity contribution in [3.63, 3.8) is 0 Å². The Morgan fingerprint density at radius 2 is 1.12 bits per heavy atom. The molecule has 24 heavy (non-hydrogen) atoms. The summed E-state index contributed by atoms with van der Waals surface area (Å²) in [5, 5.41) is 0. The summed E-state index contributed by atoms with van der Waals surface area (Å²) in [7, 11) is 5.66. The Labute approximate surface area is 144 Å². The first-order valence-corrected chi connectivity index (χ1v) is 8.16. The van der Waals surface area contributed by atoms with E-state index in [-0.39, 0.29) is 0 Å². The molecule has 0 atom stereocenters. The maximum atomic E-state index is 5.51. The van der Waals surface area contributed by atoms with Crippen molar-refractivity contribution in [2.75, 3.05) is 75.9 Å². The Balaban J connectivity index is 3.09. The molecular weight excluding hydrogens is 312 g/mol. The fraction of sp³-hybridized carbons (Fsp3) is 0.800. The quantitative estimate of drug-likeness (QED) is 0.520. The molecule has 0 amide bonds. The van der Waals surface area contributed by atoms with Crippen LogP contribution in [0.2, 0.25) is 0 Å². The summed E-state index contributed by atoms with van der Waals surface area (Å²) in [6.07, 6.45) is 0. The second-order valence-electron chi connectivity index (χ2n) is 5.23. The molecule has 1 rings (SSSR count). The standard InChI is InChI=1S/C15H30N6O3/c1-7-22-10-20(6)14-16-13(19(4)5)17-15(18-14)21(11-23-8-2)12-24-9-3/h7-12H2,1-6H3. The van der Waals surface area contributed by atoms with Crippen LogP contribution >= 0.6 is 0 Å². The number of rotatable bonds is 12. The zero-order valence-corrected chi connectivity index (χ0v) is 15.7. The van der Waals surface area contributed by atoms with Crippen molar-refractivity contribution in [1.29, 1.82) is 0 Å². The highest BCUT2D eigenvalue weighted by Gasteiger charge is 2.17. The lowest BCUT2D eigenvalue weighted by atomic mass is 10.6. The van der Waals surface area contributed by atoms with E-state index in [1.807, 2.05) is 56.6 Å². The Bertz CT molecular complexity index is 467. The second kappa shape index (κ2) is 11.0. The summed E-state index contributed by atoms with van der Waals surface area (Å²) < 4.78 is 16.4. The molecule has 9 heteroatoms. The lowest BCUT2D eigenvalue weighted by molar-refractivity contribution is 0.0945. The summed E-state index contributed by atoms with van der Waals surface area (Å²) in [5.74, 6) is 1.61. The Hall–Kier alpha value is -1.71. The number of ether oxygens (including phenoxy) is 3. The van der Waals surface area contributed by atoms with Crippen LogP contribution in [0, 0.1) is 0 Å². The molecule has 0 aliphatic rings. The van der Waals surface area contributed by atoms with Crippen LogP contribution in [-0.2, 0) is 14.2 Å². The number of aromatic nitrogens is 3. The van der Waals surface area contributed by atoms with Crippen molar-refractivity contribution in [2.45, 2.75) is 20.8 Å². The topological polar surface area (TPSA) is 76.1 Å². The van der Waals surface area contributed by atoms with Crippen LogP contribution in [0.25, 0.3) is 0 Å². The summed E-state index contributed by atoms with van der Waals surface area (Å²) >= 11 is 0. The van der Waals surface area contributed by atoms with Gasteiger partial charge in [0.25, 0.3) is 0 Å². The fourth-order valence-electron chi connectivity index (χ4n) is 1.70. The first-order chi connectivity index (χ1) is 11.5. The monoisotopic (exact) mass is 342 g/mol. The van der Waals surface area contributed by atoms with Gasteiger partial charge in [-0.2, -0.15) is 15.0 Å². The van der Waals surface area contributed by atoms with Gasteiger partial charge in [0.05, 0.1) is 0 Å². The smallest absolute Gasteiger partial charge is 0.235 e. The molecule has 0 unspecified atom stereocenters. The lowest BCUT2D eigenvalue weighted by Crippen LogP contribution is -2.33. The first-order valence-electron chi connectivity index (χ1n) is 8.16. The van der Waals surface area contributed by atoms with Gasteiger partial charge in [-0.1, -0.05) is 0 Å². The van der Waals surface area contributed by atoms with E-state index in [1.165, 1.54) is 0 Å². The Morgan fingerprint density at radius 3 is 1.62 bits per heavy atom. The van der Waals surface area contributed by atoms with Gasteiger partial charge in [0.15, 0.2) is 0 Å². The van der Waals surface area contributed by atoms with E-state index in [4.69, 9.17) is 14.2 Å². The largest absolute Gasteiger partial charge is 0.361 e. The number of hydrogen-bond donors (Lipinski definition) is 0. The highest BCUT2D eigenvalue weighted by Crippen LogP contribution is 2.17. The highest BCUT2D eigenvalue weighted by molar-refractivity contribution is 5.45. The van der Waals surface area contributed by atoms with Gasteiger partial charge in [0.2, 0.25) is 17.8 Å². The predicted octanol–water partition coefficient (Wildman–Crippen LogP) is 1.16. The van der Waals surface area contributed by atoms with Crippen molar-refractivity contribution in [2.24, 2.45) is 0 Å². The van der Waals surface area contributed by atoms with Gasteiger partial charge in [-0.15, -0.1) is 0 Å². The molecule has 0 radical (unpaired) electrons. The predicted molar refractivity (Wildman–Crippen MR) is 94.5 cm³/mol. The van der Waals surface area contributed by atoms with Crippen LogP contribution in [0.4, 0.5) is 17.8 Å². The summed E-state index contributed by atoms with van der Waals surface area (Å²) in [6.45, 7) is 8.77. The van der Waals surface area contributed by atoms with E-state index in [0.29, 0.717) is 57.9 Å². The van der Waals surface area contributed by atoms with E-state index in [2.05, 4.69) is 15.0 Å². The molecule has 0 saturated heterocycles. The zero-order valence-electron chi connectivity index (χ0n) is 15.7. The van der Waals surface area contributed by atoms with Gasteiger partial charge in [-0.25, -0.2) is 0 Å². The minimum absolute atomic E-state index is 0.349. The number of nitrogens with zero attached hydrogens (tertiary/aromatic N) is 6. The zero-order chi connectivity index (χ0) is 17.9. The average molecular weight is 342 g/mol. The molecule has 1 heterocycles. The fourth-order valence-corrected chi connectivity index (χ4v) is 1.70.